The number of pyridine rings is 1. The molecule has 18 heavy (non-hydrogen) atoms. The fourth-order valence-electron chi connectivity index (χ4n) is 2.89. The lowest BCUT2D eigenvalue weighted by Crippen LogP contribution is -2.30. The highest BCUT2D eigenvalue weighted by atomic mass is 35.5. The van der Waals surface area contributed by atoms with Gasteiger partial charge in [-0.1, -0.05) is 25.4 Å². The number of nitrogens with one attached hydrogen (secondary N) is 1. The van der Waals surface area contributed by atoms with Crippen LogP contribution in [0.2, 0.25) is 5.02 Å². The maximum atomic E-state index is 8.94. The van der Waals surface area contributed by atoms with Gasteiger partial charge in [0.05, 0.1) is 5.56 Å². The molecule has 1 N–H and O–H groups in total. The molecule has 1 aromatic heterocycles. The number of rotatable bonds is 2. The summed E-state index contributed by atoms with van der Waals surface area (Å²) < 4.78 is 0. The second kappa shape index (κ2) is 5.58. The Labute approximate surface area is 113 Å². The molecule has 3 nitrogen and oxygen atoms in total. The van der Waals surface area contributed by atoms with Crippen LogP contribution in [0.4, 0.5) is 5.82 Å². The molecule has 1 fully saturated rings. The Bertz CT molecular complexity index is 457. The lowest BCUT2D eigenvalue weighted by Gasteiger charge is -2.32. The van der Waals surface area contributed by atoms with Crippen molar-refractivity contribution in [2.45, 2.75) is 39.2 Å². The fraction of sp³-hybridized carbons (Fsp3) is 0.571. The Morgan fingerprint density at radius 1 is 1.33 bits per heavy atom. The number of nitriles is 1. The minimum absolute atomic E-state index is 0.405. The minimum Gasteiger partial charge on any atom is -0.366 e. The number of hydrogen-bond acceptors (Lipinski definition) is 3. The third kappa shape index (κ3) is 2.94. The first kappa shape index (κ1) is 13.2. The average Bonchev–Trinajstić information content (AvgIpc) is 2.30. The topological polar surface area (TPSA) is 48.7 Å². The predicted molar refractivity (Wildman–Crippen MR) is 73.6 cm³/mol. The van der Waals surface area contributed by atoms with E-state index in [9.17, 15) is 0 Å². The molecule has 4 heteroatoms. The summed E-state index contributed by atoms with van der Waals surface area (Å²) in [4.78, 5) is 4.24. The molecule has 0 aliphatic heterocycles. The highest BCUT2D eigenvalue weighted by molar-refractivity contribution is 6.34. The van der Waals surface area contributed by atoms with Crippen molar-refractivity contribution < 1.29 is 0 Å². The molecule has 2 rings (SSSR count). The Morgan fingerprint density at radius 3 is 2.61 bits per heavy atom. The third-order valence-electron chi connectivity index (χ3n) is 3.53. The van der Waals surface area contributed by atoms with Gasteiger partial charge in [-0.25, -0.2) is 4.98 Å². The summed E-state index contributed by atoms with van der Waals surface area (Å²) in [7, 11) is 0. The van der Waals surface area contributed by atoms with Crippen molar-refractivity contribution in [3.8, 4) is 6.07 Å². The van der Waals surface area contributed by atoms with Gasteiger partial charge >= 0.3 is 0 Å². The van der Waals surface area contributed by atoms with E-state index in [-0.39, 0.29) is 0 Å². The van der Waals surface area contributed by atoms with Crippen LogP contribution < -0.4 is 5.32 Å². The molecule has 1 heterocycles. The van der Waals surface area contributed by atoms with Crippen molar-refractivity contribution in [2.24, 2.45) is 11.8 Å². The van der Waals surface area contributed by atoms with Crippen LogP contribution in [0.1, 0.15) is 38.7 Å². The summed E-state index contributed by atoms with van der Waals surface area (Å²) in [6.07, 6.45) is 5.19. The van der Waals surface area contributed by atoms with Gasteiger partial charge in [0.15, 0.2) is 0 Å². The summed E-state index contributed by atoms with van der Waals surface area (Å²) in [5, 5.41) is 12.8. The van der Waals surface area contributed by atoms with Crippen LogP contribution in [0.25, 0.3) is 0 Å². The summed E-state index contributed by atoms with van der Waals surface area (Å²) in [5.41, 5.74) is 0.478. The molecule has 0 radical (unpaired) electrons. The van der Waals surface area contributed by atoms with E-state index in [0.717, 1.165) is 24.7 Å². The lowest BCUT2D eigenvalue weighted by atomic mass is 9.80. The highest BCUT2D eigenvalue weighted by Gasteiger charge is 2.24. The first-order valence-corrected chi connectivity index (χ1v) is 6.79. The van der Waals surface area contributed by atoms with Gasteiger partial charge in [0.2, 0.25) is 0 Å². The lowest BCUT2D eigenvalue weighted by molar-refractivity contribution is 0.280. The first-order chi connectivity index (χ1) is 8.60. The Kier molecular flexibility index (Phi) is 4.08. The molecule has 1 aromatic rings. The van der Waals surface area contributed by atoms with Crippen LogP contribution >= 0.6 is 11.6 Å². The van der Waals surface area contributed by atoms with Gasteiger partial charge in [0.1, 0.15) is 16.9 Å². The van der Waals surface area contributed by atoms with E-state index in [1.807, 2.05) is 0 Å². The number of halogens is 1. The van der Waals surface area contributed by atoms with Crippen molar-refractivity contribution in [2.75, 3.05) is 5.32 Å². The Balaban J connectivity index is 2.12. The minimum atomic E-state index is 0.405. The van der Waals surface area contributed by atoms with Crippen molar-refractivity contribution in [3.05, 3.63) is 22.8 Å². The molecular weight excluding hydrogens is 246 g/mol. The average molecular weight is 264 g/mol. The van der Waals surface area contributed by atoms with Gasteiger partial charge < -0.3 is 5.32 Å². The molecule has 0 aromatic carbocycles. The Morgan fingerprint density at radius 2 is 2.00 bits per heavy atom. The smallest absolute Gasteiger partial charge is 0.146 e. The van der Waals surface area contributed by atoms with E-state index in [4.69, 9.17) is 16.9 Å². The molecule has 0 bridgehead atoms. The molecule has 1 aliphatic rings. The number of hydrogen-bond donors (Lipinski definition) is 1. The quantitative estimate of drug-likeness (QED) is 0.882. The monoisotopic (exact) mass is 263 g/mol. The van der Waals surface area contributed by atoms with Gasteiger partial charge in [-0.2, -0.15) is 5.26 Å². The van der Waals surface area contributed by atoms with Crippen LogP contribution in [0.15, 0.2) is 12.3 Å². The van der Waals surface area contributed by atoms with Gasteiger partial charge in [0.25, 0.3) is 0 Å². The highest BCUT2D eigenvalue weighted by Crippen LogP contribution is 2.32. The molecule has 2 atom stereocenters. The standard InChI is InChI=1S/C14H18ClN3/c1-9-5-10(2)7-12(6-9)18-14-13(15)11(8-16)3-4-17-14/h3-4,9-10,12H,5-7H2,1-2H3,(H,17,18). The molecule has 0 amide bonds. The first-order valence-electron chi connectivity index (χ1n) is 6.41. The van der Waals surface area contributed by atoms with E-state index in [2.05, 4.69) is 30.2 Å². The molecule has 1 saturated carbocycles. The summed E-state index contributed by atoms with van der Waals surface area (Å²) in [6, 6.07) is 4.12. The van der Waals surface area contributed by atoms with Gasteiger partial charge in [-0.05, 0) is 37.2 Å². The second-order valence-corrected chi connectivity index (χ2v) is 5.77. The Hall–Kier alpha value is -1.27. The van der Waals surface area contributed by atoms with Crippen molar-refractivity contribution in [1.29, 1.82) is 5.26 Å². The third-order valence-corrected chi connectivity index (χ3v) is 3.91. The van der Waals surface area contributed by atoms with E-state index in [0.29, 0.717) is 22.4 Å². The number of anilines is 1. The predicted octanol–water partition coefficient (Wildman–Crippen LogP) is 3.84. The maximum Gasteiger partial charge on any atom is 0.146 e. The van der Waals surface area contributed by atoms with Crippen LogP contribution in [0.3, 0.4) is 0 Å². The molecule has 96 valence electrons. The van der Waals surface area contributed by atoms with E-state index >= 15 is 0 Å². The van der Waals surface area contributed by atoms with Crippen molar-refractivity contribution >= 4 is 17.4 Å². The number of aromatic nitrogens is 1. The van der Waals surface area contributed by atoms with Crippen LogP contribution in [-0.4, -0.2) is 11.0 Å². The van der Waals surface area contributed by atoms with Crippen molar-refractivity contribution in [3.63, 3.8) is 0 Å². The molecule has 0 spiro atoms. The van der Waals surface area contributed by atoms with Crippen LogP contribution in [0, 0.1) is 23.2 Å². The van der Waals surface area contributed by atoms with Gasteiger partial charge in [0, 0.05) is 12.2 Å². The fourth-order valence-corrected chi connectivity index (χ4v) is 3.10. The van der Waals surface area contributed by atoms with Gasteiger partial charge in [-0.15, -0.1) is 0 Å². The summed E-state index contributed by atoms with van der Waals surface area (Å²) >= 11 is 6.15. The largest absolute Gasteiger partial charge is 0.366 e. The zero-order valence-electron chi connectivity index (χ0n) is 10.8. The van der Waals surface area contributed by atoms with Crippen LogP contribution in [0.5, 0.6) is 0 Å². The van der Waals surface area contributed by atoms with Crippen molar-refractivity contribution in [1.82, 2.24) is 4.98 Å². The van der Waals surface area contributed by atoms with E-state index < -0.39 is 0 Å². The van der Waals surface area contributed by atoms with E-state index in [1.54, 1.807) is 12.3 Å². The molecule has 0 saturated heterocycles. The molecule has 2 unspecified atom stereocenters. The zero-order valence-corrected chi connectivity index (χ0v) is 11.5. The molecule has 1 aliphatic carbocycles. The summed E-state index contributed by atoms with van der Waals surface area (Å²) in [6.45, 7) is 4.57. The summed E-state index contributed by atoms with van der Waals surface area (Å²) in [5.74, 6) is 2.09. The van der Waals surface area contributed by atoms with Gasteiger partial charge in [-0.3, -0.25) is 0 Å². The SMILES string of the molecule is CC1CC(C)CC(Nc2nccc(C#N)c2Cl)C1. The maximum absolute atomic E-state index is 8.94. The second-order valence-electron chi connectivity index (χ2n) is 5.39. The normalized spacial score (nSPS) is 27.6. The molecular formula is C14H18ClN3. The number of nitrogens with zero attached hydrogens (tertiary/aromatic N) is 2. The van der Waals surface area contributed by atoms with Crippen LogP contribution in [-0.2, 0) is 0 Å². The van der Waals surface area contributed by atoms with E-state index in [1.165, 1.54) is 6.42 Å². The zero-order chi connectivity index (χ0) is 13.1.